The zero-order valence-electron chi connectivity index (χ0n) is 8.55. The Morgan fingerprint density at radius 3 is 1.93 bits per heavy atom. The third kappa shape index (κ3) is 3.62. The molecule has 1 aromatic rings. The zero-order valence-corrected chi connectivity index (χ0v) is 11.7. The SMILES string of the molecule is CC(C)(C)c1ccc(OC(Br)Br)cc1. The highest BCUT2D eigenvalue weighted by Crippen LogP contribution is 2.25. The lowest BCUT2D eigenvalue weighted by Crippen LogP contribution is -2.10. The van der Waals surface area contributed by atoms with Crippen molar-refractivity contribution in [2.24, 2.45) is 0 Å². The number of alkyl halides is 2. The van der Waals surface area contributed by atoms with E-state index < -0.39 is 0 Å². The Bertz CT molecular complexity index is 285. The van der Waals surface area contributed by atoms with Crippen LogP contribution in [0.5, 0.6) is 5.75 Å². The van der Waals surface area contributed by atoms with Gasteiger partial charge >= 0.3 is 0 Å². The van der Waals surface area contributed by atoms with Crippen LogP contribution < -0.4 is 4.74 Å². The van der Waals surface area contributed by atoms with Gasteiger partial charge in [-0.25, -0.2) is 0 Å². The lowest BCUT2D eigenvalue weighted by molar-refractivity contribution is 0.376. The van der Waals surface area contributed by atoms with Crippen LogP contribution in [0, 0.1) is 0 Å². The third-order valence-electron chi connectivity index (χ3n) is 1.95. The molecular formula is C11H14Br2O. The first-order valence-corrected chi connectivity index (χ1v) is 6.28. The fraction of sp³-hybridized carbons (Fsp3) is 0.455. The summed E-state index contributed by atoms with van der Waals surface area (Å²) < 4.78 is 5.29. The number of ether oxygens (including phenoxy) is 1. The smallest absolute Gasteiger partial charge is 0.207 e. The molecule has 0 radical (unpaired) electrons. The van der Waals surface area contributed by atoms with Crippen molar-refractivity contribution in [3.05, 3.63) is 29.8 Å². The van der Waals surface area contributed by atoms with E-state index in [0.717, 1.165) is 5.75 Å². The van der Waals surface area contributed by atoms with Gasteiger partial charge in [0.1, 0.15) is 5.75 Å². The van der Waals surface area contributed by atoms with Gasteiger partial charge in [0.25, 0.3) is 0 Å². The molecule has 0 atom stereocenters. The van der Waals surface area contributed by atoms with Crippen LogP contribution in [0.1, 0.15) is 26.3 Å². The van der Waals surface area contributed by atoms with Crippen LogP contribution in [0.3, 0.4) is 0 Å². The Morgan fingerprint density at radius 2 is 1.57 bits per heavy atom. The van der Waals surface area contributed by atoms with Crippen LogP contribution in [-0.2, 0) is 5.41 Å². The number of halogens is 2. The Balaban J connectivity index is 2.79. The summed E-state index contributed by atoms with van der Waals surface area (Å²) in [4.78, 5) is 0. The van der Waals surface area contributed by atoms with E-state index in [9.17, 15) is 0 Å². The first kappa shape index (κ1) is 12.1. The van der Waals surface area contributed by atoms with Gasteiger partial charge in [0.2, 0.25) is 3.92 Å². The highest BCUT2D eigenvalue weighted by atomic mass is 79.9. The van der Waals surface area contributed by atoms with Crippen LogP contribution in [0.4, 0.5) is 0 Å². The van der Waals surface area contributed by atoms with E-state index in [1.807, 2.05) is 12.1 Å². The first-order chi connectivity index (χ1) is 6.39. The van der Waals surface area contributed by atoms with E-state index >= 15 is 0 Å². The molecule has 14 heavy (non-hydrogen) atoms. The highest BCUT2D eigenvalue weighted by molar-refractivity contribution is 9.24. The average Bonchev–Trinajstić information content (AvgIpc) is 2.02. The fourth-order valence-electron chi connectivity index (χ4n) is 1.14. The van der Waals surface area contributed by atoms with Gasteiger partial charge in [0.15, 0.2) is 0 Å². The minimum Gasteiger partial charge on any atom is -0.469 e. The van der Waals surface area contributed by atoms with Crippen molar-refractivity contribution < 1.29 is 4.74 Å². The van der Waals surface area contributed by atoms with Crippen molar-refractivity contribution in [1.82, 2.24) is 0 Å². The maximum atomic E-state index is 5.42. The molecule has 1 rings (SSSR count). The lowest BCUT2D eigenvalue weighted by atomic mass is 9.87. The van der Waals surface area contributed by atoms with Gasteiger partial charge < -0.3 is 4.74 Å². The quantitative estimate of drug-likeness (QED) is 0.732. The van der Waals surface area contributed by atoms with Gasteiger partial charge in [-0.15, -0.1) is 0 Å². The predicted molar refractivity (Wildman–Crippen MR) is 67.4 cm³/mol. The molecule has 0 spiro atoms. The van der Waals surface area contributed by atoms with E-state index in [4.69, 9.17) is 4.74 Å². The Hall–Kier alpha value is -0.0200. The summed E-state index contributed by atoms with van der Waals surface area (Å²) in [7, 11) is 0. The second-order valence-corrected chi connectivity index (χ2v) is 7.04. The summed E-state index contributed by atoms with van der Waals surface area (Å²) in [6, 6.07) is 8.15. The highest BCUT2D eigenvalue weighted by Gasteiger charge is 2.13. The standard InChI is InChI=1S/C11H14Br2O/c1-11(2,3)8-4-6-9(7-5-8)14-10(12)13/h4-7,10H,1-3H3. The zero-order chi connectivity index (χ0) is 10.8. The molecule has 3 heteroatoms. The molecule has 0 amide bonds. The summed E-state index contributed by atoms with van der Waals surface area (Å²) >= 11 is 6.53. The van der Waals surface area contributed by atoms with Crippen LogP contribution >= 0.6 is 31.9 Å². The lowest BCUT2D eigenvalue weighted by Gasteiger charge is -2.19. The summed E-state index contributed by atoms with van der Waals surface area (Å²) in [5.41, 5.74) is 1.51. The topological polar surface area (TPSA) is 9.23 Å². The van der Waals surface area contributed by atoms with E-state index in [0.29, 0.717) is 0 Å². The largest absolute Gasteiger partial charge is 0.469 e. The van der Waals surface area contributed by atoms with Crippen molar-refractivity contribution in [1.29, 1.82) is 0 Å². The maximum Gasteiger partial charge on any atom is 0.207 e. The molecule has 0 aliphatic heterocycles. The van der Waals surface area contributed by atoms with Crippen LogP contribution in [0.2, 0.25) is 0 Å². The van der Waals surface area contributed by atoms with E-state index in [-0.39, 0.29) is 9.34 Å². The molecule has 0 aliphatic rings. The van der Waals surface area contributed by atoms with Gasteiger partial charge in [-0.3, -0.25) is 0 Å². The summed E-state index contributed by atoms with van der Waals surface area (Å²) in [5, 5.41) is 0. The fourth-order valence-corrected chi connectivity index (χ4v) is 1.57. The van der Waals surface area contributed by atoms with E-state index in [1.165, 1.54) is 5.56 Å². The van der Waals surface area contributed by atoms with Gasteiger partial charge in [0.05, 0.1) is 0 Å². The molecule has 0 saturated heterocycles. The molecule has 78 valence electrons. The van der Waals surface area contributed by atoms with Gasteiger partial charge in [-0.1, -0.05) is 32.9 Å². The summed E-state index contributed by atoms with van der Waals surface area (Å²) in [6.45, 7) is 6.59. The van der Waals surface area contributed by atoms with Crippen molar-refractivity contribution >= 4 is 31.9 Å². The Morgan fingerprint density at radius 1 is 1.07 bits per heavy atom. The van der Waals surface area contributed by atoms with Crippen molar-refractivity contribution in [3.8, 4) is 5.75 Å². The van der Waals surface area contributed by atoms with E-state index in [2.05, 4.69) is 64.8 Å². The number of rotatable bonds is 2. The molecular weight excluding hydrogens is 308 g/mol. The molecule has 0 aromatic heterocycles. The Kier molecular flexibility index (Phi) is 4.02. The minimum atomic E-state index is -0.129. The number of benzene rings is 1. The van der Waals surface area contributed by atoms with Crippen molar-refractivity contribution in [2.75, 3.05) is 0 Å². The first-order valence-electron chi connectivity index (χ1n) is 4.45. The molecule has 1 nitrogen and oxygen atoms in total. The van der Waals surface area contributed by atoms with Gasteiger partial charge in [0, 0.05) is 0 Å². The second-order valence-electron chi connectivity index (χ2n) is 4.15. The molecule has 1 aromatic carbocycles. The minimum absolute atomic E-state index is 0.129. The van der Waals surface area contributed by atoms with E-state index in [1.54, 1.807) is 0 Å². The van der Waals surface area contributed by atoms with Crippen molar-refractivity contribution in [3.63, 3.8) is 0 Å². The molecule has 0 fully saturated rings. The van der Waals surface area contributed by atoms with Crippen molar-refractivity contribution in [2.45, 2.75) is 30.1 Å². The monoisotopic (exact) mass is 320 g/mol. The molecule has 0 saturated carbocycles. The van der Waals surface area contributed by atoms with Gasteiger partial charge in [-0.05, 0) is 55.0 Å². The molecule has 0 bridgehead atoms. The normalized spacial score (nSPS) is 11.9. The number of hydrogen-bond acceptors (Lipinski definition) is 1. The molecule has 0 heterocycles. The van der Waals surface area contributed by atoms with Gasteiger partial charge in [-0.2, -0.15) is 0 Å². The molecule has 0 N–H and O–H groups in total. The average molecular weight is 322 g/mol. The summed E-state index contributed by atoms with van der Waals surface area (Å²) in [6.07, 6.45) is 0. The number of hydrogen-bond donors (Lipinski definition) is 0. The maximum absolute atomic E-state index is 5.42. The third-order valence-corrected chi connectivity index (χ3v) is 2.32. The predicted octanol–water partition coefficient (Wildman–Crippen LogP) is 4.44. The summed E-state index contributed by atoms with van der Waals surface area (Å²) in [5.74, 6) is 0.858. The van der Waals surface area contributed by atoms with Crippen LogP contribution in [-0.4, -0.2) is 3.92 Å². The van der Waals surface area contributed by atoms with Crippen LogP contribution in [0.25, 0.3) is 0 Å². The molecule has 0 aliphatic carbocycles. The molecule has 0 unspecified atom stereocenters. The van der Waals surface area contributed by atoms with Crippen LogP contribution in [0.15, 0.2) is 24.3 Å². The Labute approximate surface area is 102 Å². The second kappa shape index (κ2) is 4.67.